The van der Waals surface area contributed by atoms with Crippen LogP contribution >= 0.6 is 11.3 Å². The summed E-state index contributed by atoms with van der Waals surface area (Å²) < 4.78 is 0. The molecule has 2 heterocycles. The number of thiophene rings is 1. The highest BCUT2D eigenvalue weighted by Gasteiger charge is 2.21. The fraction of sp³-hybridized carbons (Fsp3) is 0.412. The number of carbonyl (C=O) groups is 2. The number of aryl methyl sites for hydroxylation is 1. The molecule has 0 spiro atoms. The van der Waals surface area contributed by atoms with E-state index in [0.29, 0.717) is 23.4 Å². The maximum atomic E-state index is 12.5. The Labute approximate surface area is 140 Å². The number of hydrogen-bond donors (Lipinski definition) is 2. The smallest absolute Gasteiger partial charge is 0.268 e. The van der Waals surface area contributed by atoms with E-state index in [-0.39, 0.29) is 17.7 Å². The molecule has 0 aromatic carbocycles. The van der Waals surface area contributed by atoms with Gasteiger partial charge in [0.25, 0.3) is 5.91 Å². The van der Waals surface area contributed by atoms with Gasteiger partial charge in [0.1, 0.15) is 5.69 Å². The van der Waals surface area contributed by atoms with Crippen LogP contribution in [-0.4, -0.2) is 42.2 Å². The molecule has 0 aliphatic heterocycles. The van der Waals surface area contributed by atoms with Gasteiger partial charge in [-0.1, -0.05) is 6.07 Å². The summed E-state index contributed by atoms with van der Waals surface area (Å²) in [6.45, 7) is 5.65. The maximum absolute atomic E-state index is 12.5. The molecule has 0 saturated heterocycles. The normalized spacial score (nSPS) is 12.4. The third kappa shape index (κ3) is 3.71. The van der Waals surface area contributed by atoms with Gasteiger partial charge in [0.15, 0.2) is 5.78 Å². The van der Waals surface area contributed by atoms with Crippen LogP contribution < -0.4 is 5.32 Å². The number of H-pyrrole nitrogens is 1. The van der Waals surface area contributed by atoms with E-state index in [0.717, 1.165) is 5.69 Å². The van der Waals surface area contributed by atoms with Crippen LogP contribution in [0.2, 0.25) is 0 Å². The first-order valence-electron chi connectivity index (χ1n) is 7.51. The standard InChI is InChI=1S/C17H23N3O2S/c1-10-15(12(3)21)11(2)19-16(10)17(22)18-9-13(20(4)5)14-7-6-8-23-14/h6-8,13,19H,9H2,1-5H3,(H,18,22). The van der Waals surface area contributed by atoms with Crippen molar-refractivity contribution >= 4 is 23.0 Å². The Kier molecular flexibility index (Phi) is 5.38. The van der Waals surface area contributed by atoms with Crippen molar-refractivity contribution in [1.29, 1.82) is 0 Å². The molecule has 0 fully saturated rings. The minimum atomic E-state index is -0.179. The molecule has 0 aliphatic rings. The van der Waals surface area contributed by atoms with E-state index in [1.807, 2.05) is 32.5 Å². The highest BCUT2D eigenvalue weighted by molar-refractivity contribution is 7.10. The quantitative estimate of drug-likeness (QED) is 0.799. The minimum Gasteiger partial charge on any atom is -0.354 e. The van der Waals surface area contributed by atoms with Gasteiger partial charge in [-0.05, 0) is 51.9 Å². The molecule has 0 bridgehead atoms. The summed E-state index contributed by atoms with van der Waals surface area (Å²) in [4.78, 5) is 30.5. The molecule has 2 aromatic rings. The molecule has 0 saturated carbocycles. The van der Waals surface area contributed by atoms with Crippen LogP contribution in [0.25, 0.3) is 0 Å². The Balaban J connectivity index is 2.13. The zero-order chi connectivity index (χ0) is 17.1. The first-order chi connectivity index (χ1) is 10.8. The average molecular weight is 333 g/mol. The number of amides is 1. The first kappa shape index (κ1) is 17.4. The lowest BCUT2D eigenvalue weighted by Crippen LogP contribution is -2.34. The van der Waals surface area contributed by atoms with Crippen molar-refractivity contribution in [1.82, 2.24) is 15.2 Å². The lowest BCUT2D eigenvalue weighted by atomic mass is 10.1. The number of nitrogens with one attached hydrogen (secondary N) is 2. The number of Topliss-reactive ketones (excluding diaryl/α,β-unsaturated/α-hetero) is 1. The van der Waals surface area contributed by atoms with Crippen molar-refractivity contribution in [2.45, 2.75) is 26.8 Å². The van der Waals surface area contributed by atoms with Gasteiger partial charge in [0.05, 0.1) is 6.04 Å². The lowest BCUT2D eigenvalue weighted by Gasteiger charge is -2.23. The average Bonchev–Trinajstić information content (AvgIpc) is 3.06. The van der Waals surface area contributed by atoms with E-state index in [1.165, 1.54) is 11.8 Å². The van der Waals surface area contributed by atoms with E-state index < -0.39 is 0 Å². The van der Waals surface area contributed by atoms with Crippen molar-refractivity contribution < 1.29 is 9.59 Å². The third-order valence-electron chi connectivity index (χ3n) is 3.97. The SMILES string of the molecule is CC(=O)c1c(C)[nH]c(C(=O)NCC(c2cccs2)N(C)C)c1C. The second-order valence-electron chi connectivity index (χ2n) is 5.89. The van der Waals surface area contributed by atoms with Crippen LogP contribution in [-0.2, 0) is 0 Å². The number of carbonyl (C=O) groups excluding carboxylic acids is 2. The number of rotatable bonds is 6. The number of ketones is 1. The molecular weight excluding hydrogens is 310 g/mol. The fourth-order valence-electron chi connectivity index (χ4n) is 2.80. The Morgan fingerprint density at radius 2 is 2.04 bits per heavy atom. The Hall–Kier alpha value is -1.92. The van der Waals surface area contributed by atoms with Crippen molar-refractivity contribution in [3.63, 3.8) is 0 Å². The molecule has 1 amide bonds. The summed E-state index contributed by atoms with van der Waals surface area (Å²) in [5.74, 6) is -0.207. The monoisotopic (exact) mass is 333 g/mol. The van der Waals surface area contributed by atoms with Gasteiger partial charge in [0.2, 0.25) is 0 Å². The van der Waals surface area contributed by atoms with E-state index >= 15 is 0 Å². The van der Waals surface area contributed by atoms with Gasteiger partial charge in [-0.3, -0.25) is 9.59 Å². The van der Waals surface area contributed by atoms with Gasteiger partial charge < -0.3 is 15.2 Å². The van der Waals surface area contributed by atoms with Crippen LogP contribution in [0, 0.1) is 13.8 Å². The van der Waals surface area contributed by atoms with Crippen molar-refractivity contribution in [2.24, 2.45) is 0 Å². The summed E-state index contributed by atoms with van der Waals surface area (Å²) in [6, 6.07) is 4.21. The molecule has 23 heavy (non-hydrogen) atoms. The van der Waals surface area contributed by atoms with Crippen LogP contribution in [0.15, 0.2) is 17.5 Å². The summed E-state index contributed by atoms with van der Waals surface area (Å²) in [5.41, 5.74) is 2.53. The summed E-state index contributed by atoms with van der Waals surface area (Å²) in [7, 11) is 3.99. The van der Waals surface area contributed by atoms with E-state index in [9.17, 15) is 9.59 Å². The number of aromatic nitrogens is 1. The molecule has 1 atom stereocenters. The summed E-state index contributed by atoms with van der Waals surface area (Å²) in [5, 5.41) is 5.01. The molecule has 2 N–H and O–H groups in total. The van der Waals surface area contributed by atoms with Crippen molar-refractivity contribution in [3.8, 4) is 0 Å². The number of likely N-dealkylation sites (N-methyl/N-ethyl adjacent to an activating group) is 1. The van der Waals surface area contributed by atoms with Gasteiger partial charge in [0, 0.05) is 22.7 Å². The summed E-state index contributed by atoms with van der Waals surface area (Å²) in [6.07, 6.45) is 0. The van der Waals surface area contributed by atoms with Crippen LogP contribution in [0.3, 0.4) is 0 Å². The lowest BCUT2D eigenvalue weighted by molar-refractivity contribution is 0.0937. The largest absolute Gasteiger partial charge is 0.354 e. The highest BCUT2D eigenvalue weighted by atomic mass is 32.1. The number of hydrogen-bond acceptors (Lipinski definition) is 4. The molecule has 2 rings (SSSR count). The second-order valence-corrected chi connectivity index (χ2v) is 6.87. The highest BCUT2D eigenvalue weighted by Crippen LogP contribution is 2.23. The van der Waals surface area contributed by atoms with E-state index in [4.69, 9.17) is 0 Å². The number of nitrogens with zero attached hydrogens (tertiary/aromatic N) is 1. The Bertz CT molecular complexity index is 702. The van der Waals surface area contributed by atoms with Gasteiger partial charge >= 0.3 is 0 Å². The van der Waals surface area contributed by atoms with Crippen LogP contribution in [0.5, 0.6) is 0 Å². The maximum Gasteiger partial charge on any atom is 0.268 e. The molecule has 1 unspecified atom stereocenters. The predicted octanol–water partition coefficient (Wildman–Crippen LogP) is 2.93. The number of aromatic amines is 1. The molecule has 2 aromatic heterocycles. The molecule has 6 heteroatoms. The van der Waals surface area contributed by atoms with E-state index in [2.05, 4.69) is 21.3 Å². The second kappa shape index (κ2) is 7.10. The molecule has 124 valence electrons. The van der Waals surface area contributed by atoms with E-state index in [1.54, 1.807) is 18.3 Å². The zero-order valence-electron chi connectivity index (χ0n) is 14.2. The topological polar surface area (TPSA) is 65.2 Å². The Morgan fingerprint density at radius 1 is 1.35 bits per heavy atom. The van der Waals surface area contributed by atoms with Crippen molar-refractivity contribution in [2.75, 3.05) is 20.6 Å². The van der Waals surface area contributed by atoms with Crippen LogP contribution in [0.1, 0.15) is 49.9 Å². The predicted molar refractivity (Wildman–Crippen MR) is 93.4 cm³/mol. The molecule has 0 radical (unpaired) electrons. The molecular formula is C17H23N3O2S. The zero-order valence-corrected chi connectivity index (χ0v) is 15.0. The van der Waals surface area contributed by atoms with Crippen LogP contribution in [0.4, 0.5) is 0 Å². The van der Waals surface area contributed by atoms with Gasteiger partial charge in [-0.15, -0.1) is 11.3 Å². The third-order valence-corrected chi connectivity index (χ3v) is 4.94. The fourth-order valence-corrected chi connectivity index (χ4v) is 3.72. The van der Waals surface area contributed by atoms with Gasteiger partial charge in [-0.25, -0.2) is 0 Å². The minimum absolute atomic E-state index is 0.0277. The molecule has 5 nitrogen and oxygen atoms in total. The van der Waals surface area contributed by atoms with Gasteiger partial charge in [-0.2, -0.15) is 0 Å². The molecule has 0 aliphatic carbocycles. The first-order valence-corrected chi connectivity index (χ1v) is 8.39. The Morgan fingerprint density at radius 3 is 2.52 bits per heavy atom. The summed E-state index contributed by atoms with van der Waals surface area (Å²) >= 11 is 1.68. The van der Waals surface area contributed by atoms with Crippen molar-refractivity contribution in [3.05, 3.63) is 44.9 Å².